The van der Waals surface area contributed by atoms with E-state index in [2.05, 4.69) is 39.5 Å². The van der Waals surface area contributed by atoms with Crippen LogP contribution in [-0.2, 0) is 0 Å². The lowest BCUT2D eigenvalue weighted by Crippen LogP contribution is -2.60. The molecule has 0 amide bonds. The predicted molar refractivity (Wildman–Crippen MR) is 87.7 cm³/mol. The van der Waals surface area contributed by atoms with Crippen LogP contribution in [-0.4, -0.2) is 30.1 Å². The van der Waals surface area contributed by atoms with Gasteiger partial charge in [-0.05, 0) is 49.0 Å². The van der Waals surface area contributed by atoms with Crippen molar-refractivity contribution in [3.8, 4) is 0 Å². The second-order valence-corrected chi connectivity index (χ2v) is 8.70. The largest absolute Gasteiger partial charge is 0.329 e. The van der Waals surface area contributed by atoms with Crippen molar-refractivity contribution in [1.82, 2.24) is 4.90 Å². The second kappa shape index (κ2) is 5.96. The highest BCUT2D eigenvalue weighted by atomic mass is 15.2. The average molecular weight is 280 g/mol. The fraction of sp³-hybridized carbons (Fsp3) is 1.00. The highest BCUT2D eigenvalue weighted by molar-refractivity contribution is 5.03. The summed E-state index contributed by atoms with van der Waals surface area (Å²) < 4.78 is 0. The monoisotopic (exact) mass is 280 g/mol. The van der Waals surface area contributed by atoms with Gasteiger partial charge in [0.05, 0.1) is 0 Å². The summed E-state index contributed by atoms with van der Waals surface area (Å²) in [4.78, 5) is 2.80. The quantitative estimate of drug-likeness (QED) is 0.849. The van der Waals surface area contributed by atoms with Crippen LogP contribution in [0.2, 0.25) is 0 Å². The molecule has 2 N–H and O–H groups in total. The first-order valence-electron chi connectivity index (χ1n) is 8.76. The Balaban J connectivity index is 2.18. The van der Waals surface area contributed by atoms with E-state index in [0.29, 0.717) is 11.0 Å². The number of hydrogen-bond donors (Lipinski definition) is 1. The minimum atomic E-state index is 0.298. The molecule has 0 aromatic heterocycles. The van der Waals surface area contributed by atoms with Crippen molar-refractivity contribution >= 4 is 0 Å². The molecule has 1 heterocycles. The molecule has 1 aliphatic carbocycles. The van der Waals surface area contributed by atoms with E-state index in [9.17, 15) is 0 Å². The van der Waals surface area contributed by atoms with E-state index in [1.165, 1.54) is 45.2 Å². The van der Waals surface area contributed by atoms with Crippen LogP contribution in [0.3, 0.4) is 0 Å². The van der Waals surface area contributed by atoms with Gasteiger partial charge in [-0.2, -0.15) is 0 Å². The number of likely N-dealkylation sites (tertiary alicyclic amines) is 1. The summed E-state index contributed by atoms with van der Waals surface area (Å²) >= 11 is 0. The molecule has 1 saturated carbocycles. The molecule has 0 aromatic carbocycles. The maximum Gasteiger partial charge on any atom is 0.0362 e. The maximum atomic E-state index is 6.36. The van der Waals surface area contributed by atoms with Gasteiger partial charge in [0, 0.05) is 18.6 Å². The minimum absolute atomic E-state index is 0.298. The summed E-state index contributed by atoms with van der Waals surface area (Å²) in [6.07, 6.45) is 6.84. The molecule has 1 aliphatic heterocycles. The smallest absolute Gasteiger partial charge is 0.0362 e. The van der Waals surface area contributed by atoms with E-state index in [0.717, 1.165) is 24.3 Å². The highest BCUT2D eigenvalue weighted by Gasteiger charge is 2.48. The molecule has 2 heteroatoms. The van der Waals surface area contributed by atoms with Crippen molar-refractivity contribution in [3.63, 3.8) is 0 Å². The van der Waals surface area contributed by atoms with E-state index >= 15 is 0 Å². The lowest BCUT2D eigenvalue weighted by Gasteiger charge is -2.52. The van der Waals surface area contributed by atoms with E-state index in [1.807, 2.05) is 0 Å². The molecule has 2 aliphatic rings. The highest BCUT2D eigenvalue weighted by Crippen LogP contribution is 2.45. The van der Waals surface area contributed by atoms with Gasteiger partial charge < -0.3 is 5.73 Å². The topological polar surface area (TPSA) is 29.3 Å². The van der Waals surface area contributed by atoms with Gasteiger partial charge in [-0.25, -0.2) is 0 Å². The summed E-state index contributed by atoms with van der Waals surface area (Å²) in [7, 11) is 0. The third-order valence-corrected chi connectivity index (χ3v) is 6.27. The van der Waals surface area contributed by atoms with Crippen molar-refractivity contribution < 1.29 is 0 Å². The summed E-state index contributed by atoms with van der Waals surface area (Å²) in [6.45, 7) is 15.4. The molecule has 0 spiro atoms. The van der Waals surface area contributed by atoms with Crippen LogP contribution in [0.1, 0.15) is 66.7 Å². The molecule has 0 aromatic rings. The van der Waals surface area contributed by atoms with Crippen molar-refractivity contribution in [2.45, 2.75) is 72.3 Å². The lowest BCUT2D eigenvalue weighted by atomic mass is 9.67. The normalized spacial score (nSPS) is 36.8. The number of hydrogen-bond acceptors (Lipinski definition) is 2. The first-order valence-corrected chi connectivity index (χ1v) is 8.76. The third-order valence-electron chi connectivity index (χ3n) is 6.27. The molecule has 1 saturated heterocycles. The molecule has 3 unspecified atom stereocenters. The Kier molecular flexibility index (Phi) is 4.86. The van der Waals surface area contributed by atoms with Crippen LogP contribution < -0.4 is 5.73 Å². The van der Waals surface area contributed by atoms with Gasteiger partial charge >= 0.3 is 0 Å². The Morgan fingerprint density at radius 2 is 1.90 bits per heavy atom. The third kappa shape index (κ3) is 2.92. The molecule has 2 nitrogen and oxygen atoms in total. The average Bonchev–Trinajstić information content (AvgIpc) is 2.88. The van der Waals surface area contributed by atoms with Gasteiger partial charge in [0.2, 0.25) is 0 Å². The first kappa shape index (κ1) is 16.3. The molecule has 0 radical (unpaired) electrons. The molecule has 0 bridgehead atoms. The van der Waals surface area contributed by atoms with E-state index in [4.69, 9.17) is 5.73 Å². The van der Waals surface area contributed by atoms with Crippen LogP contribution in [0.25, 0.3) is 0 Å². The molecule has 20 heavy (non-hydrogen) atoms. The fourth-order valence-corrected chi connectivity index (χ4v) is 4.85. The minimum Gasteiger partial charge on any atom is -0.329 e. The Morgan fingerprint density at radius 1 is 1.20 bits per heavy atom. The summed E-state index contributed by atoms with van der Waals surface area (Å²) in [5, 5.41) is 0. The first-order chi connectivity index (χ1) is 9.31. The lowest BCUT2D eigenvalue weighted by molar-refractivity contribution is -0.00398. The van der Waals surface area contributed by atoms with Crippen LogP contribution >= 0.6 is 0 Å². The van der Waals surface area contributed by atoms with E-state index in [-0.39, 0.29) is 0 Å². The predicted octanol–water partition coefficient (Wildman–Crippen LogP) is 3.90. The number of nitrogens with two attached hydrogens (primary N) is 1. The van der Waals surface area contributed by atoms with Gasteiger partial charge in [0.25, 0.3) is 0 Å². The van der Waals surface area contributed by atoms with Gasteiger partial charge in [0.1, 0.15) is 0 Å². The zero-order valence-corrected chi connectivity index (χ0v) is 14.4. The Morgan fingerprint density at radius 3 is 2.40 bits per heavy atom. The zero-order chi connectivity index (χ0) is 15.0. The molecule has 118 valence electrons. The Bertz CT molecular complexity index is 318. The van der Waals surface area contributed by atoms with Crippen LogP contribution in [0, 0.1) is 23.2 Å². The number of rotatable bonds is 3. The van der Waals surface area contributed by atoms with Crippen molar-refractivity contribution in [1.29, 1.82) is 0 Å². The van der Waals surface area contributed by atoms with Gasteiger partial charge in [-0.3, -0.25) is 4.90 Å². The molecule has 2 rings (SSSR count). The van der Waals surface area contributed by atoms with Crippen LogP contribution in [0.5, 0.6) is 0 Å². The zero-order valence-electron chi connectivity index (χ0n) is 14.4. The van der Waals surface area contributed by atoms with Crippen LogP contribution in [0.15, 0.2) is 0 Å². The molecular formula is C18H36N2. The van der Waals surface area contributed by atoms with Gasteiger partial charge in [0.15, 0.2) is 0 Å². The van der Waals surface area contributed by atoms with E-state index < -0.39 is 0 Å². The SMILES string of the molecule is CC(C)C1CCCCC1(CN)N1CCC(C(C)(C)C)C1. The molecule has 3 atom stereocenters. The van der Waals surface area contributed by atoms with Crippen molar-refractivity contribution in [2.75, 3.05) is 19.6 Å². The second-order valence-electron chi connectivity index (χ2n) is 8.70. The van der Waals surface area contributed by atoms with Crippen molar-refractivity contribution in [3.05, 3.63) is 0 Å². The van der Waals surface area contributed by atoms with Crippen molar-refractivity contribution in [2.24, 2.45) is 28.9 Å². The standard InChI is InChI=1S/C18H36N2/c1-14(2)16-8-6-7-10-18(16,13-19)20-11-9-15(12-20)17(3,4)5/h14-16H,6-13,19H2,1-5H3. The van der Waals surface area contributed by atoms with E-state index in [1.54, 1.807) is 0 Å². The van der Waals surface area contributed by atoms with Crippen LogP contribution in [0.4, 0.5) is 0 Å². The molecule has 2 fully saturated rings. The van der Waals surface area contributed by atoms with Gasteiger partial charge in [-0.1, -0.05) is 47.5 Å². The number of nitrogens with zero attached hydrogens (tertiary/aromatic N) is 1. The summed E-state index contributed by atoms with van der Waals surface area (Å²) in [6, 6.07) is 0. The van der Waals surface area contributed by atoms with Gasteiger partial charge in [-0.15, -0.1) is 0 Å². The summed E-state index contributed by atoms with van der Waals surface area (Å²) in [5.74, 6) is 2.38. The maximum absolute atomic E-state index is 6.36. The molecular weight excluding hydrogens is 244 g/mol. The Hall–Kier alpha value is -0.0800. The summed E-state index contributed by atoms with van der Waals surface area (Å²) in [5.41, 5.74) is 7.09. The fourth-order valence-electron chi connectivity index (χ4n) is 4.85. The Labute approximate surface area is 126 Å².